The fourth-order valence-electron chi connectivity index (χ4n) is 2.83. The van der Waals surface area contributed by atoms with E-state index in [1.54, 1.807) is 23.3 Å². The first-order chi connectivity index (χ1) is 13.6. The number of nitrogens with zero attached hydrogens (tertiary/aromatic N) is 2. The Morgan fingerprint density at radius 2 is 2.18 bits per heavy atom. The molecule has 9 heteroatoms. The smallest absolute Gasteiger partial charge is 0.311 e. The number of ether oxygens (including phenoxy) is 1. The molecule has 2 aromatic rings. The number of carbonyl (C=O) groups excluding carboxylic acids is 3. The van der Waals surface area contributed by atoms with Crippen molar-refractivity contribution in [1.29, 1.82) is 0 Å². The number of nitrogens with one attached hydrogen (secondary N) is 1. The minimum atomic E-state index is -0.310. The highest BCUT2D eigenvalue weighted by atomic mass is 32.2. The van der Waals surface area contributed by atoms with Gasteiger partial charge in [-0.3, -0.25) is 14.4 Å². The Balaban J connectivity index is 1.55. The zero-order chi connectivity index (χ0) is 19.9. The zero-order valence-corrected chi connectivity index (χ0v) is 17.1. The lowest BCUT2D eigenvalue weighted by Crippen LogP contribution is -2.25. The number of aromatic nitrogens is 1. The lowest BCUT2D eigenvalue weighted by molar-refractivity contribution is -0.142. The monoisotopic (exact) mass is 419 g/mol. The van der Waals surface area contributed by atoms with Crippen molar-refractivity contribution in [1.82, 2.24) is 4.98 Å². The van der Waals surface area contributed by atoms with Crippen LogP contribution in [0.3, 0.4) is 0 Å². The van der Waals surface area contributed by atoms with Gasteiger partial charge in [-0.15, -0.1) is 11.3 Å². The quantitative estimate of drug-likeness (QED) is 0.522. The summed E-state index contributed by atoms with van der Waals surface area (Å²) in [6.45, 7) is 2.77. The maximum absolute atomic E-state index is 12.4. The highest BCUT2D eigenvalue weighted by molar-refractivity contribution is 8.01. The van der Waals surface area contributed by atoms with Gasteiger partial charge >= 0.3 is 5.97 Å². The number of benzene rings is 1. The molecule has 28 heavy (non-hydrogen) atoms. The molecular formula is C19H21N3O4S2. The van der Waals surface area contributed by atoms with Crippen LogP contribution >= 0.6 is 23.1 Å². The molecule has 1 aliphatic heterocycles. The van der Waals surface area contributed by atoms with E-state index in [1.807, 2.05) is 18.2 Å². The third-order valence-corrected chi connectivity index (χ3v) is 6.10. The van der Waals surface area contributed by atoms with Gasteiger partial charge in [-0.1, -0.05) is 23.9 Å². The van der Waals surface area contributed by atoms with Crippen LogP contribution in [0.15, 0.2) is 34.0 Å². The van der Waals surface area contributed by atoms with Crippen molar-refractivity contribution in [3.05, 3.63) is 35.3 Å². The van der Waals surface area contributed by atoms with E-state index >= 15 is 0 Å². The summed E-state index contributed by atoms with van der Waals surface area (Å²) in [4.78, 5) is 41.9. The second-order valence-electron chi connectivity index (χ2n) is 6.09. The molecule has 0 atom stereocenters. The number of amides is 2. The van der Waals surface area contributed by atoms with Gasteiger partial charge < -0.3 is 15.0 Å². The lowest BCUT2D eigenvalue weighted by atomic mass is 10.2. The van der Waals surface area contributed by atoms with Crippen molar-refractivity contribution in [3.63, 3.8) is 0 Å². The van der Waals surface area contributed by atoms with Gasteiger partial charge in [0, 0.05) is 18.3 Å². The van der Waals surface area contributed by atoms with Gasteiger partial charge in [0.25, 0.3) is 0 Å². The van der Waals surface area contributed by atoms with Crippen molar-refractivity contribution < 1.29 is 19.1 Å². The van der Waals surface area contributed by atoms with E-state index in [2.05, 4.69) is 10.3 Å². The summed E-state index contributed by atoms with van der Waals surface area (Å²) in [5.41, 5.74) is 2.00. The molecule has 0 radical (unpaired) electrons. The van der Waals surface area contributed by atoms with Crippen LogP contribution in [0.25, 0.3) is 0 Å². The van der Waals surface area contributed by atoms with Gasteiger partial charge in [0.1, 0.15) is 0 Å². The Hall–Kier alpha value is -2.39. The molecule has 1 fully saturated rings. The van der Waals surface area contributed by atoms with Crippen molar-refractivity contribution in [3.8, 4) is 0 Å². The van der Waals surface area contributed by atoms with Crippen LogP contribution < -0.4 is 10.2 Å². The molecule has 0 spiro atoms. The summed E-state index contributed by atoms with van der Waals surface area (Å²) in [6.07, 6.45) is 1.50. The molecule has 3 rings (SSSR count). The molecular weight excluding hydrogens is 398 g/mol. The number of thioether (sulfide) groups is 1. The molecule has 2 amide bonds. The first-order valence-electron chi connectivity index (χ1n) is 8.99. The third kappa shape index (κ3) is 5.32. The van der Waals surface area contributed by atoms with Crippen molar-refractivity contribution in [2.75, 3.05) is 29.1 Å². The molecule has 0 saturated carbocycles. The first-order valence-corrected chi connectivity index (χ1v) is 10.9. The molecule has 0 bridgehead atoms. The Labute approximate surface area is 171 Å². The fourth-order valence-corrected chi connectivity index (χ4v) is 4.47. The van der Waals surface area contributed by atoms with Gasteiger partial charge in [-0.25, -0.2) is 4.98 Å². The number of hydrogen-bond acceptors (Lipinski definition) is 7. The van der Waals surface area contributed by atoms with E-state index < -0.39 is 0 Å². The van der Waals surface area contributed by atoms with E-state index in [0.717, 1.165) is 16.4 Å². The zero-order valence-electron chi connectivity index (χ0n) is 15.5. The predicted octanol–water partition coefficient (Wildman–Crippen LogP) is 3.11. The van der Waals surface area contributed by atoms with Crippen molar-refractivity contribution in [2.24, 2.45) is 0 Å². The lowest BCUT2D eigenvalue weighted by Gasteiger charge is -2.19. The molecule has 0 unspecified atom stereocenters. The summed E-state index contributed by atoms with van der Waals surface area (Å²) in [7, 11) is 0. The van der Waals surface area contributed by atoms with Crippen LogP contribution in [0.2, 0.25) is 0 Å². The third-order valence-electron chi connectivity index (χ3n) is 4.03. The molecule has 7 nitrogen and oxygen atoms in total. The summed E-state index contributed by atoms with van der Waals surface area (Å²) >= 11 is 2.70. The second-order valence-corrected chi connectivity index (χ2v) is 8.17. The summed E-state index contributed by atoms with van der Waals surface area (Å²) < 4.78 is 5.63. The summed E-state index contributed by atoms with van der Waals surface area (Å²) in [5.74, 6) is -0.219. The number of carbonyl (C=O) groups is 3. The van der Waals surface area contributed by atoms with Crippen LogP contribution in [0.1, 0.15) is 25.5 Å². The van der Waals surface area contributed by atoms with Gasteiger partial charge in [-0.05, 0) is 25.5 Å². The Morgan fingerprint density at radius 1 is 1.36 bits per heavy atom. The minimum absolute atomic E-state index is 0.0768. The van der Waals surface area contributed by atoms with Crippen molar-refractivity contribution >= 4 is 52.3 Å². The molecule has 1 N–H and O–H groups in total. The van der Waals surface area contributed by atoms with Gasteiger partial charge in [0.15, 0.2) is 4.34 Å². The molecule has 2 heterocycles. The number of hydrogen-bond donors (Lipinski definition) is 1. The maximum Gasteiger partial charge on any atom is 0.311 e. The van der Waals surface area contributed by atoms with E-state index in [1.165, 1.54) is 23.1 Å². The van der Waals surface area contributed by atoms with E-state index in [4.69, 9.17) is 4.74 Å². The molecule has 1 aromatic carbocycles. The van der Waals surface area contributed by atoms with Crippen LogP contribution in [0, 0.1) is 0 Å². The Kier molecular flexibility index (Phi) is 7.05. The second kappa shape index (κ2) is 9.70. The Bertz CT molecular complexity index is 868. The molecule has 1 aromatic heterocycles. The van der Waals surface area contributed by atoms with Crippen molar-refractivity contribution in [2.45, 2.75) is 30.5 Å². The highest BCUT2D eigenvalue weighted by Crippen LogP contribution is 2.30. The molecule has 1 aliphatic rings. The van der Waals surface area contributed by atoms with E-state index in [-0.39, 0.29) is 30.0 Å². The molecule has 148 valence electrons. The van der Waals surface area contributed by atoms with Crippen LogP contribution in [0.5, 0.6) is 0 Å². The molecule has 1 saturated heterocycles. The van der Waals surface area contributed by atoms with E-state index in [9.17, 15) is 14.4 Å². The van der Waals surface area contributed by atoms with Gasteiger partial charge in [0.05, 0.1) is 35.8 Å². The fraction of sp³-hybridized carbons (Fsp3) is 0.368. The highest BCUT2D eigenvalue weighted by Gasteiger charge is 2.24. The largest absolute Gasteiger partial charge is 0.466 e. The van der Waals surface area contributed by atoms with Gasteiger partial charge in [0.2, 0.25) is 11.8 Å². The number of rotatable bonds is 8. The topological polar surface area (TPSA) is 88.6 Å². The van der Waals surface area contributed by atoms with E-state index in [0.29, 0.717) is 31.0 Å². The van der Waals surface area contributed by atoms with Gasteiger partial charge in [-0.2, -0.15) is 0 Å². The average Bonchev–Trinajstić information content (AvgIpc) is 3.29. The number of esters is 1. The van der Waals surface area contributed by atoms with Crippen LogP contribution in [0.4, 0.5) is 11.4 Å². The van der Waals surface area contributed by atoms with Crippen LogP contribution in [-0.2, 0) is 25.5 Å². The average molecular weight is 420 g/mol. The molecule has 0 aliphatic carbocycles. The Morgan fingerprint density at radius 3 is 2.93 bits per heavy atom. The van der Waals surface area contributed by atoms with Crippen LogP contribution in [-0.4, -0.2) is 41.7 Å². The normalized spacial score (nSPS) is 13.6. The number of anilines is 2. The maximum atomic E-state index is 12.4. The summed E-state index contributed by atoms with van der Waals surface area (Å²) in [6, 6.07) is 7.32. The number of thiazole rings is 1. The SMILES string of the molecule is CCOC(=O)Cc1csc(SCC(=O)Nc2ccccc2N2CCCC2=O)n1. The number of para-hydroxylation sites is 2. The standard InChI is InChI=1S/C19H21N3O4S2/c1-2-26-18(25)10-13-11-27-19(20-13)28-12-16(23)21-14-6-3-4-7-15(14)22-9-5-8-17(22)24/h3-4,6-7,11H,2,5,8-10,12H2,1H3,(H,21,23). The predicted molar refractivity (Wildman–Crippen MR) is 110 cm³/mol. The minimum Gasteiger partial charge on any atom is -0.466 e. The first kappa shape index (κ1) is 20.3. The summed E-state index contributed by atoms with van der Waals surface area (Å²) in [5, 5.41) is 4.68.